The van der Waals surface area contributed by atoms with Crippen LogP contribution in [0.15, 0.2) is 42.7 Å². The Morgan fingerprint density at radius 2 is 2.05 bits per heavy atom. The highest BCUT2D eigenvalue weighted by molar-refractivity contribution is 5.93. The van der Waals surface area contributed by atoms with Crippen LogP contribution in [0.5, 0.6) is 0 Å². The Bertz CT molecular complexity index is 841. The second-order valence-corrected chi connectivity index (χ2v) is 5.04. The van der Waals surface area contributed by atoms with E-state index < -0.39 is 5.97 Å². The van der Waals surface area contributed by atoms with Crippen molar-refractivity contribution in [2.24, 2.45) is 0 Å². The van der Waals surface area contributed by atoms with Gasteiger partial charge in [-0.25, -0.2) is 9.48 Å². The molecule has 0 spiro atoms. The van der Waals surface area contributed by atoms with E-state index in [-0.39, 0.29) is 5.69 Å². The number of aryl methyl sites for hydroxylation is 2. The molecule has 0 aliphatic heterocycles. The van der Waals surface area contributed by atoms with Crippen LogP contribution < -0.4 is 0 Å². The summed E-state index contributed by atoms with van der Waals surface area (Å²) in [6.45, 7) is 3.96. The monoisotopic (exact) mass is 294 g/mol. The van der Waals surface area contributed by atoms with Crippen molar-refractivity contribution in [1.82, 2.24) is 20.0 Å². The van der Waals surface area contributed by atoms with Gasteiger partial charge >= 0.3 is 5.97 Å². The molecule has 22 heavy (non-hydrogen) atoms. The zero-order valence-corrected chi connectivity index (χ0v) is 12.2. The summed E-state index contributed by atoms with van der Waals surface area (Å²) in [5, 5.41) is 17.2. The molecular formula is C16H14N4O2. The fourth-order valence-electron chi connectivity index (χ4n) is 2.40. The topological polar surface area (TPSA) is 80.9 Å². The lowest BCUT2D eigenvalue weighted by atomic mass is 10.1. The van der Waals surface area contributed by atoms with E-state index in [9.17, 15) is 9.90 Å². The van der Waals surface area contributed by atoms with Crippen LogP contribution in [-0.2, 0) is 0 Å². The Morgan fingerprint density at radius 1 is 1.23 bits per heavy atom. The summed E-state index contributed by atoms with van der Waals surface area (Å²) in [6.07, 6.45) is 3.24. The summed E-state index contributed by atoms with van der Waals surface area (Å²) in [5.74, 6) is -1.12. The molecule has 0 saturated heterocycles. The lowest BCUT2D eigenvalue weighted by molar-refractivity contribution is 0.0691. The summed E-state index contributed by atoms with van der Waals surface area (Å²) in [4.78, 5) is 15.5. The van der Waals surface area contributed by atoms with E-state index in [4.69, 9.17) is 0 Å². The van der Waals surface area contributed by atoms with Gasteiger partial charge < -0.3 is 5.11 Å². The molecule has 6 nitrogen and oxygen atoms in total. The molecule has 3 rings (SSSR count). The molecule has 0 bridgehead atoms. The molecule has 0 fully saturated rings. The molecule has 1 aromatic carbocycles. The predicted octanol–water partition coefficient (Wildman–Crippen LogP) is 2.64. The smallest absolute Gasteiger partial charge is 0.358 e. The van der Waals surface area contributed by atoms with E-state index in [1.165, 1.54) is 0 Å². The van der Waals surface area contributed by atoms with Gasteiger partial charge in [0.2, 0.25) is 0 Å². The third-order valence-electron chi connectivity index (χ3n) is 3.39. The highest BCUT2D eigenvalue weighted by Crippen LogP contribution is 2.26. The van der Waals surface area contributed by atoms with Crippen molar-refractivity contribution in [3.63, 3.8) is 0 Å². The third kappa shape index (κ3) is 2.35. The van der Waals surface area contributed by atoms with Gasteiger partial charge in [-0.3, -0.25) is 4.98 Å². The average molecular weight is 294 g/mol. The number of rotatable bonds is 3. The number of carboxylic acids is 1. The molecule has 0 amide bonds. The number of nitrogens with zero attached hydrogens (tertiary/aromatic N) is 4. The van der Waals surface area contributed by atoms with Gasteiger partial charge in [-0.1, -0.05) is 22.9 Å². The van der Waals surface area contributed by atoms with Crippen LogP contribution >= 0.6 is 0 Å². The van der Waals surface area contributed by atoms with E-state index in [1.54, 1.807) is 29.2 Å². The zero-order chi connectivity index (χ0) is 15.7. The minimum atomic E-state index is -1.12. The largest absolute Gasteiger partial charge is 0.476 e. The van der Waals surface area contributed by atoms with Crippen LogP contribution in [0.3, 0.4) is 0 Å². The molecule has 0 aliphatic carbocycles. The predicted molar refractivity (Wildman–Crippen MR) is 81.0 cm³/mol. The number of benzene rings is 1. The Kier molecular flexibility index (Phi) is 3.42. The standard InChI is InChI=1S/C16H14N4O2/c1-10-5-6-13(11(2)8-10)20-15(12-4-3-7-17-9-12)14(16(21)22)18-19-20/h3-9H,1-2H3,(H,21,22). The SMILES string of the molecule is Cc1ccc(-n2nnc(C(=O)O)c2-c2cccnc2)c(C)c1. The molecule has 0 aliphatic rings. The molecule has 0 saturated carbocycles. The Morgan fingerprint density at radius 3 is 2.68 bits per heavy atom. The minimum absolute atomic E-state index is 0.0898. The van der Waals surface area contributed by atoms with E-state index >= 15 is 0 Å². The summed E-state index contributed by atoms with van der Waals surface area (Å²) < 4.78 is 1.55. The first-order chi connectivity index (χ1) is 10.6. The van der Waals surface area contributed by atoms with Gasteiger partial charge in [0.1, 0.15) is 5.69 Å². The Hall–Kier alpha value is -3.02. The maximum Gasteiger partial charge on any atom is 0.358 e. The Balaban J connectivity index is 2.27. The maximum atomic E-state index is 11.4. The first-order valence-electron chi connectivity index (χ1n) is 6.75. The molecule has 2 heterocycles. The highest BCUT2D eigenvalue weighted by Gasteiger charge is 2.22. The van der Waals surface area contributed by atoms with Crippen LogP contribution in [-0.4, -0.2) is 31.1 Å². The van der Waals surface area contributed by atoms with Crippen molar-refractivity contribution in [3.8, 4) is 16.9 Å². The highest BCUT2D eigenvalue weighted by atomic mass is 16.4. The molecule has 0 atom stereocenters. The fourth-order valence-corrected chi connectivity index (χ4v) is 2.40. The molecule has 110 valence electrons. The minimum Gasteiger partial charge on any atom is -0.476 e. The average Bonchev–Trinajstić information content (AvgIpc) is 2.93. The second-order valence-electron chi connectivity index (χ2n) is 5.04. The number of carbonyl (C=O) groups is 1. The lowest BCUT2D eigenvalue weighted by Gasteiger charge is -2.10. The summed E-state index contributed by atoms with van der Waals surface area (Å²) in [6, 6.07) is 9.42. The third-order valence-corrected chi connectivity index (χ3v) is 3.39. The number of hydrogen-bond acceptors (Lipinski definition) is 4. The van der Waals surface area contributed by atoms with Crippen LogP contribution in [0.1, 0.15) is 21.6 Å². The van der Waals surface area contributed by atoms with Gasteiger partial charge in [-0.05, 0) is 37.6 Å². The normalized spacial score (nSPS) is 10.6. The van der Waals surface area contributed by atoms with Gasteiger partial charge in [0.05, 0.1) is 5.69 Å². The number of carboxylic acid groups (broad SMARTS) is 1. The van der Waals surface area contributed by atoms with Crippen LogP contribution in [0.25, 0.3) is 16.9 Å². The van der Waals surface area contributed by atoms with E-state index in [0.717, 1.165) is 16.8 Å². The fraction of sp³-hybridized carbons (Fsp3) is 0.125. The van der Waals surface area contributed by atoms with Crippen molar-refractivity contribution in [2.45, 2.75) is 13.8 Å². The second kappa shape index (κ2) is 5.40. The number of pyridine rings is 1. The van der Waals surface area contributed by atoms with Crippen LogP contribution in [0.4, 0.5) is 0 Å². The molecule has 1 N–H and O–H groups in total. The first kappa shape index (κ1) is 13.9. The quantitative estimate of drug-likeness (QED) is 0.803. The maximum absolute atomic E-state index is 11.4. The van der Waals surface area contributed by atoms with Crippen LogP contribution in [0, 0.1) is 13.8 Å². The van der Waals surface area contributed by atoms with Crippen LogP contribution in [0.2, 0.25) is 0 Å². The molecule has 3 aromatic rings. The van der Waals surface area contributed by atoms with Crippen molar-refractivity contribution in [1.29, 1.82) is 0 Å². The molecule has 0 unspecified atom stereocenters. The molecule has 2 aromatic heterocycles. The summed E-state index contributed by atoms with van der Waals surface area (Å²) >= 11 is 0. The van der Waals surface area contributed by atoms with Gasteiger partial charge in [0, 0.05) is 18.0 Å². The van der Waals surface area contributed by atoms with Gasteiger partial charge in [0.15, 0.2) is 5.69 Å². The van der Waals surface area contributed by atoms with Crippen molar-refractivity contribution >= 4 is 5.97 Å². The number of hydrogen-bond donors (Lipinski definition) is 1. The Labute approximate surface area is 127 Å². The zero-order valence-electron chi connectivity index (χ0n) is 12.2. The van der Waals surface area contributed by atoms with Crippen molar-refractivity contribution < 1.29 is 9.90 Å². The van der Waals surface area contributed by atoms with E-state index in [2.05, 4.69) is 15.3 Å². The van der Waals surface area contributed by atoms with Gasteiger partial charge in [-0.2, -0.15) is 0 Å². The van der Waals surface area contributed by atoms with E-state index in [0.29, 0.717) is 11.3 Å². The number of aromatic carboxylic acids is 1. The summed E-state index contributed by atoms with van der Waals surface area (Å²) in [5.41, 5.74) is 3.91. The summed E-state index contributed by atoms with van der Waals surface area (Å²) in [7, 11) is 0. The van der Waals surface area contributed by atoms with Crippen molar-refractivity contribution in [3.05, 3.63) is 59.5 Å². The van der Waals surface area contributed by atoms with Crippen molar-refractivity contribution in [2.75, 3.05) is 0 Å². The molecule has 0 radical (unpaired) electrons. The van der Waals surface area contributed by atoms with Gasteiger partial charge in [0.25, 0.3) is 0 Å². The number of aromatic nitrogens is 4. The molecular weight excluding hydrogens is 280 g/mol. The van der Waals surface area contributed by atoms with E-state index in [1.807, 2.05) is 32.0 Å². The lowest BCUT2D eigenvalue weighted by Crippen LogP contribution is -2.04. The van der Waals surface area contributed by atoms with Gasteiger partial charge in [-0.15, -0.1) is 5.10 Å². The molecule has 6 heteroatoms. The first-order valence-corrected chi connectivity index (χ1v) is 6.75.